The summed E-state index contributed by atoms with van der Waals surface area (Å²) in [6, 6.07) is 10.1. The van der Waals surface area contributed by atoms with Crippen molar-refractivity contribution in [1.82, 2.24) is 19.8 Å². The van der Waals surface area contributed by atoms with E-state index >= 15 is 0 Å². The number of nitrogens with zero attached hydrogens (tertiary/aromatic N) is 4. The second-order valence-electron chi connectivity index (χ2n) is 12.1. The van der Waals surface area contributed by atoms with E-state index in [9.17, 15) is 4.79 Å². The maximum Gasteiger partial charge on any atom is 0.254 e. The van der Waals surface area contributed by atoms with Gasteiger partial charge in [-0.05, 0) is 99.5 Å². The highest BCUT2D eigenvalue weighted by molar-refractivity contribution is 6.08. The summed E-state index contributed by atoms with van der Waals surface area (Å²) in [6.45, 7) is 7.88. The van der Waals surface area contributed by atoms with Crippen molar-refractivity contribution in [3.05, 3.63) is 59.4 Å². The molecule has 5 fully saturated rings. The Morgan fingerprint density at radius 2 is 1.53 bits per heavy atom. The Labute approximate surface area is 213 Å². The number of amides is 1. The van der Waals surface area contributed by atoms with E-state index in [0.717, 1.165) is 77.2 Å². The first-order valence-electron chi connectivity index (χ1n) is 13.8. The molecule has 8 rings (SSSR count). The molecule has 36 heavy (non-hydrogen) atoms. The van der Waals surface area contributed by atoms with Crippen LogP contribution in [-0.2, 0) is 0 Å². The van der Waals surface area contributed by atoms with Crippen molar-refractivity contribution in [3.8, 4) is 11.3 Å². The number of rotatable bonds is 3. The molecule has 4 saturated carbocycles. The van der Waals surface area contributed by atoms with Crippen molar-refractivity contribution in [2.24, 2.45) is 17.8 Å². The second kappa shape index (κ2) is 8.37. The molecule has 1 aromatic carbocycles. The molecule has 2 aromatic heterocycles. The summed E-state index contributed by atoms with van der Waals surface area (Å²) in [5.41, 5.74) is 6.31. The van der Waals surface area contributed by atoms with Gasteiger partial charge in [-0.3, -0.25) is 14.7 Å². The molecule has 4 bridgehead atoms. The Bertz CT molecular complexity index is 1290. The molecular formula is C31H36N4O. The van der Waals surface area contributed by atoms with Gasteiger partial charge in [-0.2, -0.15) is 0 Å². The lowest BCUT2D eigenvalue weighted by Gasteiger charge is -2.61. The maximum atomic E-state index is 14.0. The van der Waals surface area contributed by atoms with Gasteiger partial charge < -0.3 is 4.90 Å². The summed E-state index contributed by atoms with van der Waals surface area (Å²) in [5, 5.41) is 0.962. The molecule has 1 aliphatic heterocycles. The predicted octanol–water partition coefficient (Wildman–Crippen LogP) is 5.64. The van der Waals surface area contributed by atoms with Crippen LogP contribution in [0, 0.1) is 31.6 Å². The zero-order valence-electron chi connectivity index (χ0n) is 21.5. The van der Waals surface area contributed by atoms with E-state index in [1.165, 1.54) is 44.1 Å². The Morgan fingerprint density at radius 1 is 0.889 bits per heavy atom. The van der Waals surface area contributed by atoms with Crippen molar-refractivity contribution in [2.75, 3.05) is 26.2 Å². The number of aromatic nitrogens is 2. The fourth-order valence-electron chi connectivity index (χ4n) is 8.38. The molecule has 4 aliphatic carbocycles. The molecule has 1 saturated heterocycles. The van der Waals surface area contributed by atoms with Crippen molar-refractivity contribution in [3.63, 3.8) is 0 Å². The van der Waals surface area contributed by atoms with E-state index in [4.69, 9.17) is 4.98 Å². The van der Waals surface area contributed by atoms with Gasteiger partial charge in [0, 0.05) is 55.1 Å². The van der Waals surface area contributed by atoms with Gasteiger partial charge in [-0.15, -0.1) is 0 Å². The number of carbonyl (C=O) groups is 1. The Hall–Kier alpha value is -2.79. The zero-order chi connectivity index (χ0) is 24.4. The maximum absolute atomic E-state index is 14.0. The van der Waals surface area contributed by atoms with Crippen LogP contribution < -0.4 is 0 Å². The first-order valence-corrected chi connectivity index (χ1v) is 13.8. The highest BCUT2D eigenvalue weighted by atomic mass is 16.2. The highest BCUT2D eigenvalue weighted by Gasteiger charge is 2.53. The Kier molecular flexibility index (Phi) is 5.21. The SMILES string of the molecule is Cc1ccc2c(C(=O)N3CCN(C45CC6CC(CC(C6)C4)C5)CC3)cc(-c3ccncc3)nc2c1C. The first-order chi connectivity index (χ1) is 17.5. The van der Waals surface area contributed by atoms with Gasteiger partial charge in [0.25, 0.3) is 5.91 Å². The number of piperazine rings is 1. The monoisotopic (exact) mass is 480 g/mol. The molecule has 186 valence electrons. The van der Waals surface area contributed by atoms with E-state index in [2.05, 4.69) is 40.8 Å². The first kappa shape index (κ1) is 22.4. The fourth-order valence-corrected chi connectivity index (χ4v) is 8.38. The van der Waals surface area contributed by atoms with Crippen molar-refractivity contribution >= 4 is 16.8 Å². The average Bonchev–Trinajstić information content (AvgIpc) is 2.90. The molecule has 0 unspecified atom stereocenters. The van der Waals surface area contributed by atoms with Crippen molar-refractivity contribution in [1.29, 1.82) is 0 Å². The number of fused-ring (bicyclic) bond motifs is 1. The molecule has 0 N–H and O–H groups in total. The minimum absolute atomic E-state index is 0.145. The number of carbonyl (C=O) groups excluding carboxylic acids is 1. The molecule has 0 radical (unpaired) electrons. The van der Waals surface area contributed by atoms with E-state index in [1.54, 1.807) is 12.4 Å². The van der Waals surface area contributed by atoms with Crippen LogP contribution in [0.25, 0.3) is 22.2 Å². The van der Waals surface area contributed by atoms with E-state index in [1.807, 2.05) is 18.2 Å². The smallest absolute Gasteiger partial charge is 0.254 e. The van der Waals surface area contributed by atoms with Gasteiger partial charge >= 0.3 is 0 Å². The lowest BCUT2D eigenvalue weighted by Crippen LogP contribution is -2.64. The Balaban J connectivity index is 1.18. The fraction of sp³-hybridized carbons (Fsp3) is 0.516. The molecule has 5 aliphatic rings. The third-order valence-corrected chi connectivity index (χ3v) is 9.96. The van der Waals surface area contributed by atoms with Gasteiger partial charge in [0.1, 0.15) is 0 Å². The largest absolute Gasteiger partial charge is 0.336 e. The molecular weight excluding hydrogens is 444 g/mol. The number of hydrogen-bond acceptors (Lipinski definition) is 4. The van der Waals surface area contributed by atoms with Gasteiger partial charge in [0.15, 0.2) is 0 Å². The van der Waals surface area contributed by atoms with Crippen LogP contribution in [0.2, 0.25) is 0 Å². The van der Waals surface area contributed by atoms with E-state index in [-0.39, 0.29) is 5.91 Å². The quantitative estimate of drug-likeness (QED) is 0.487. The van der Waals surface area contributed by atoms with Crippen molar-refractivity contribution in [2.45, 2.75) is 57.9 Å². The Morgan fingerprint density at radius 3 is 2.17 bits per heavy atom. The zero-order valence-corrected chi connectivity index (χ0v) is 21.5. The minimum Gasteiger partial charge on any atom is -0.336 e. The van der Waals surface area contributed by atoms with Crippen LogP contribution in [-0.4, -0.2) is 57.4 Å². The van der Waals surface area contributed by atoms with Gasteiger partial charge in [-0.25, -0.2) is 4.98 Å². The molecule has 3 aromatic rings. The molecule has 0 spiro atoms. The number of aryl methyl sites for hydroxylation is 2. The van der Waals surface area contributed by atoms with E-state index < -0.39 is 0 Å². The van der Waals surface area contributed by atoms with Crippen LogP contribution in [0.4, 0.5) is 0 Å². The van der Waals surface area contributed by atoms with Crippen LogP contribution in [0.15, 0.2) is 42.7 Å². The van der Waals surface area contributed by atoms with Crippen molar-refractivity contribution < 1.29 is 4.79 Å². The predicted molar refractivity (Wildman–Crippen MR) is 143 cm³/mol. The van der Waals surface area contributed by atoms with Gasteiger partial charge in [-0.1, -0.05) is 12.1 Å². The summed E-state index contributed by atoms with van der Waals surface area (Å²) in [5.74, 6) is 3.01. The molecule has 3 heterocycles. The highest BCUT2D eigenvalue weighted by Crippen LogP contribution is 2.57. The topological polar surface area (TPSA) is 49.3 Å². The molecule has 5 heteroatoms. The summed E-state index contributed by atoms with van der Waals surface area (Å²) in [6.07, 6.45) is 12.2. The van der Waals surface area contributed by atoms with E-state index in [0.29, 0.717) is 5.54 Å². The summed E-state index contributed by atoms with van der Waals surface area (Å²) in [7, 11) is 0. The normalized spacial score (nSPS) is 29.7. The number of benzene rings is 1. The number of hydrogen-bond donors (Lipinski definition) is 0. The average molecular weight is 481 g/mol. The molecule has 1 amide bonds. The second-order valence-corrected chi connectivity index (χ2v) is 12.1. The van der Waals surface area contributed by atoms with Crippen LogP contribution in [0.3, 0.4) is 0 Å². The minimum atomic E-state index is 0.145. The van der Waals surface area contributed by atoms with Crippen LogP contribution in [0.5, 0.6) is 0 Å². The lowest BCUT2D eigenvalue weighted by molar-refractivity contribution is -0.0987. The van der Waals surface area contributed by atoms with Crippen LogP contribution in [0.1, 0.15) is 60.0 Å². The number of pyridine rings is 2. The van der Waals surface area contributed by atoms with Gasteiger partial charge in [0.2, 0.25) is 0 Å². The standard InChI is InChI=1S/C31H36N4O/c1-20-3-4-26-27(16-28(33-29(26)21(20)2)25-5-7-32-8-6-25)30(36)34-9-11-35(12-10-34)31-17-22-13-23(18-31)15-24(14-22)19-31/h3-8,16,22-24H,9-15,17-19H2,1-2H3. The summed E-state index contributed by atoms with van der Waals surface area (Å²) < 4.78 is 0. The third kappa shape index (κ3) is 3.58. The molecule has 5 nitrogen and oxygen atoms in total. The molecule has 0 atom stereocenters. The third-order valence-electron chi connectivity index (χ3n) is 9.96. The summed E-state index contributed by atoms with van der Waals surface area (Å²) in [4.78, 5) is 28.1. The van der Waals surface area contributed by atoms with Crippen LogP contribution >= 0.6 is 0 Å². The summed E-state index contributed by atoms with van der Waals surface area (Å²) >= 11 is 0. The van der Waals surface area contributed by atoms with Gasteiger partial charge in [0.05, 0.1) is 16.8 Å². The lowest BCUT2D eigenvalue weighted by atomic mass is 9.52.